The van der Waals surface area contributed by atoms with Crippen molar-refractivity contribution in [3.05, 3.63) is 16.6 Å². The van der Waals surface area contributed by atoms with Gasteiger partial charge in [-0.15, -0.1) is 11.3 Å². The van der Waals surface area contributed by atoms with E-state index in [9.17, 15) is 0 Å². The largest absolute Gasteiger partial charge is 0.311 e. The van der Waals surface area contributed by atoms with Crippen LogP contribution in [0.2, 0.25) is 0 Å². The van der Waals surface area contributed by atoms with Crippen molar-refractivity contribution in [1.29, 1.82) is 0 Å². The molecule has 1 aromatic heterocycles. The lowest BCUT2D eigenvalue weighted by molar-refractivity contribution is 0.392. The number of hydrogen-bond donors (Lipinski definition) is 1. The average molecular weight is 198 g/mol. The summed E-state index contributed by atoms with van der Waals surface area (Å²) in [7, 11) is 0. The minimum Gasteiger partial charge on any atom is -0.311 e. The van der Waals surface area contributed by atoms with E-state index in [-0.39, 0.29) is 0 Å². The summed E-state index contributed by atoms with van der Waals surface area (Å²) in [6.07, 6.45) is 0. The third-order valence-electron chi connectivity index (χ3n) is 2.39. The molecular formula is C10H18N2S. The van der Waals surface area contributed by atoms with Crippen molar-refractivity contribution in [3.63, 3.8) is 0 Å². The van der Waals surface area contributed by atoms with Gasteiger partial charge in [-0.25, -0.2) is 4.98 Å². The molecule has 1 unspecified atom stereocenters. The Morgan fingerprint density at radius 1 is 1.46 bits per heavy atom. The van der Waals surface area contributed by atoms with Crippen LogP contribution in [0.15, 0.2) is 10.9 Å². The van der Waals surface area contributed by atoms with Gasteiger partial charge in [-0.3, -0.25) is 0 Å². The van der Waals surface area contributed by atoms with Crippen LogP contribution in [0.25, 0.3) is 0 Å². The molecule has 1 aromatic rings. The van der Waals surface area contributed by atoms with Crippen molar-refractivity contribution in [3.8, 4) is 0 Å². The Morgan fingerprint density at radius 3 is 2.77 bits per heavy atom. The lowest BCUT2D eigenvalue weighted by Crippen LogP contribution is -2.23. The number of aromatic nitrogens is 1. The smallest absolute Gasteiger partial charge is 0.0795 e. The van der Waals surface area contributed by atoms with Crippen molar-refractivity contribution in [1.82, 2.24) is 10.3 Å². The molecule has 0 aliphatic heterocycles. The highest BCUT2D eigenvalue weighted by Gasteiger charge is 2.05. The van der Waals surface area contributed by atoms with Crippen LogP contribution in [0.3, 0.4) is 0 Å². The fourth-order valence-electron chi connectivity index (χ4n) is 0.988. The molecule has 1 rings (SSSR count). The van der Waals surface area contributed by atoms with Gasteiger partial charge in [-0.1, -0.05) is 20.8 Å². The molecule has 0 spiro atoms. The minimum atomic E-state index is 0.735. The quantitative estimate of drug-likeness (QED) is 0.786. The Labute approximate surface area is 84.4 Å². The SMILES string of the molecule is CC(C)C(C)CNCc1cscn1. The number of rotatable bonds is 5. The molecule has 74 valence electrons. The van der Waals surface area contributed by atoms with E-state index in [1.54, 1.807) is 11.3 Å². The van der Waals surface area contributed by atoms with E-state index in [2.05, 4.69) is 36.5 Å². The second-order valence-corrected chi connectivity index (χ2v) is 4.55. The molecule has 0 aliphatic carbocycles. The maximum absolute atomic E-state index is 4.21. The Bertz CT molecular complexity index is 219. The van der Waals surface area contributed by atoms with E-state index in [1.807, 2.05) is 5.51 Å². The van der Waals surface area contributed by atoms with Crippen molar-refractivity contribution in [2.45, 2.75) is 27.3 Å². The molecule has 0 saturated carbocycles. The summed E-state index contributed by atoms with van der Waals surface area (Å²) >= 11 is 1.65. The van der Waals surface area contributed by atoms with Crippen LogP contribution in [0.1, 0.15) is 26.5 Å². The van der Waals surface area contributed by atoms with Gasteiger partial charge in [0.05, 0.1) is 11.2 Å². The molecule has 1 heterocycles. The van der Waals surface area contributed by atoms with E-state index in [1.165, 1.54) is 0 Å². The van der Waals surface area contributed by atoms with Crippen molar-refractivity contribution in [2.24, 2.45) is 11.8 Å². The molecule has 1 N–H and O–H groups in total. The van der Waals surface area contributed by atoms with Gasteiger partial charge in [0.2, 0.25) is 0 Å². The van der Waals surface area contributed by atoms with Gasteiger partial charge in [0.1, 0.15) is 0 Å². The first-order valence-corrected chi connectivity index (χ1v) is 5.72. The molecule has 0 saturated heterocycles. The first-order valence-electron chi connectivity index (χ1n) is 4.78. The summed E-state index contributed by atoms with van der Waals surface area (Å²) < 4.78 is 0. The van der Waals surface area contributed by atoms with E-state index in [0.29, 0.717) is 0 Å². The van der Waals surface area contributed by atoms with Crippen LogP contribution in [-0.2, 0) is 6.54 Å². The standard InChI is InChI=1S/C10H18N2S/c1-8(2)9(3)4-11-5-10-6-13-7-12-10/h6-9,11H,4-5H2,1-3H3. The topological polar surface area (TPSA) is 24.9 Å². The number of nitrogens with zero attached hydrogens (tertiary/aromatic N) is 1. The monoisotopic (exact) mass is 198 g/mol. The maximum atomic E-state index is 4.21. The summed E-state index contributed by atoms with van der Waals surface area (Å²) in [6, 6.07) is 0. The van der Waals surface area contributed by atoms with Gasteiger partial charge in [0, 0.05) is 11.9 Å². The molecular weight excluding hydrogens is 180 g/mol. The third kappa shape index (κ3) is 3.87. The highest BCUT2D eigenvalue weighted by atomic mass is 32.1. The van der Waals surface area contributed by atoms with Gasteiger partial charge in [-0.2, -0.15) is 0 Å². The highest BCUT2D eigenvalue weighted by molar-refractivity contribution is 7.07. The molecule has 0 aliphatic rings. The number of hydrogen-bond acceptors (Lipinski definition) is 3. The van der Waals surface area contributed by atoms with Crippen LogP contribution < -0.4 is 5.32 Å². The molecule has 1 atom stereocenters. The van der Waals surface area contributed by atoms with Gasteiger partial charge in [0.15, 0.2) is 0 Å². The lowest BCUT2D eigenvalue weighted by Gasteiger charge is -2.15. The number of thiazole rings is 1. The Hall–Kier alpha value is -0.410. The molecule has 2 nitrogen and oxygen atoms in total. The second-order valence-electron chi connectivity index (χ2n) is 3.83. The zero-order chi connectivity index (χ0) is 9.68. The van der Waals surface area contributed by atoms with Crippen LogP contribution in [-0.4, -0.2) is 11.5 Å². The second kappa shape index (κ2) is 5.35. The van der Waals surface area contributed by atoms with Crippen LogP contribution in [0.5, 0.6) is 0 Å². The summed E-state index contributed by atoms with van der Waals surface area (Å²) in [5, 5.41) is 5.50. The van der Waals surface area contributed by atoms with Gasteiger partial charge >= 0.3 is 0 Å². The predicted octanol–water partition coefficient (Wildman–Crippen LogP) is 2.52. The van der Waals surface area contributed by atoms with Crippen molar-refractivity contribution >= 4 is 11.3 Å². The minimum absolute atomic E-state index is 0.735. The summed E-state index contributed by atoms with van der Waals surface area (Å²) in [5.41, 5.74) is 3.03. The lowest BCUT2D eigenvalue weighted by atomic mass is 9.98. The van der Waals surface area contributed by atoms with E-state index < -0.39 is 0 Å². The van der Waals surface area contributed by atoms with Gasteiger partial charge in [-0.05, 0) is 18.4 Å². The summed E-state index contributed by atoms with van der Waals surface area (Å²) in [5.74, 6) is 1.49. The zero-order valence-electron chi connectivity index (χ0n) is 8.58. The Kier molecular flexibility index (Phi) is 4.39. The molecule has 0 aromatic carbocycles. The average Bonchev–Trinajstić information content (AvgIpc) is 2.56. The zero-order valence-corrected chi connectivity index (χ0v) is 9.40. The van der Waals surface area contributed by atoms with Crippen molar-refractivity contribution in [2.75, 3.05) is 6.54 Å². The maximum Gasteiger partial charge on any atom is 0.0795 e. The van der Waals surface area contributed by atoms with Crippen LogP contribution >= 0.6 is 11.3 Å². The fourth-order valence-corrected chi connectivity index (χ4v) is 1.55. The Morgan fingerprint density at radius 2 is 2.23 bits per heavy atom. The van der Waals surface area contributed by atoms with Crippen LogP contribution in [0, 0.1) is 11.8 Å². The van der Waals surface area contributed by atoms with E-state index in [4.69, 9.17) is 0 Å². The molecule has 13 heavy (non-hydrogen) atoms. The molecule has 0 fully saturated rings. The fraction of sp³-hybridized carbons (Fsp3) is 0.700. The first-order chi connectivity index (χ1) is 6.20. The van der Waals surface area contributed by atoms with E-state index >= 15 is 0 Å². The van der Waals surface area contributed by atoms with Gasteiger partial charge in [0.25, 0.3) is 0 Å². The third-order valence-corrected chi connectivity index (χ3v) is 3.03. The Balaban J connectivity index is 2.14. The van der Waals surface area contributed by atoms with Crippen molar-refractivity contribution < 1.29 is 0 Å². The summed E-state index contributed by atoms with van der Waals surface area (Å²) in [6.45, 7) is 8.78. The highest BCUT2D eigenvalue weighted by Crippen LogP contribution is 2.08. The molecule has 0 radical (unpaired) electrons. The molecule has 0 bridgehead atoms. The van der Waals surface area contributed by atoms with E-state index in [0.717, 1.165) is 30.6 Å². The van der Waals surface area contributed by atoms with Gasteiger partial charge < -0.3 is 5.32 Å². The summed E-state index contributed by atoms with van der Waals surface area (Å²) in [4.78, 5) is 4.21. The predicted molar refractivity (Wildman–Crippen MR) is 57.8 cm³/mol. The first kappa shape index (κ1) is 10.7. The number of nitrogens with one attached hydrogen (secondary N) is 1. The molecule has 0 amide bonds. The molecule has 3 heteroatoms. The van der Waals surface area contributed by atoms with Crippen LogP contribution in [0.4, 0.5) is 0 Å². The normalized spacial score (nSPS) is 13.5.